The second-order valence-corrected chi connectivity index (χ2v) is 37.4. The van der Waals surface area contributed by atoms with Gasteiger partial charge in [0.1, 0.15) is 24.2 Å². The molecule has 12 amide bonds. The van der Waals surface area contributed by atoms with Crippen LogP contribution in [0, 0.1) is 23.7 Å². The standard InChI is InChI=1S/C60H94N12O22Si6/c1-37(2)49-53(73)65-45-21-13-41(14-22-45)42-15-23-46(24-16-42)66-54(74)50(38(3)4)70-58(78)63-31-11-35-99(87,88)93-96(82)94-100(89,90)36-12-32-64-60(80)72-52(40(7)8)56(76)68-48-27-19-44(20-28-48)43-17-25-47(26-18-43)67-55(75)51(39(5)6)71-59(79)62-30-10-34-98(85,86)92-95(81)91-97(83,84)33-9-29-61-57(77)69-49/h13-28,37-40,49-52,81-90H,9-12,29-36H2,1-8H3,(H,65,73)(H,66,74)(H,67,75)(H,68,76)(H2,61,69,77)(H2,63,70,78)(H2,62,71,79)(H2,64,72,80)/t49-,50-,51-,52-/m0/s1. The predicted molar refractivity (Wildman–Crippen MR) is 378 cm³/mol. The first-order chi connectivity index (χ1) is 46.9. The van der Waals surface area contributed by atoms with E-state index < -0.39 is 150 Å². The van der Waals surface area contributed by atoms with E-state index >= 15 is 0 Å². The van der Waals surface area contributed by atoms with E-state index in [1.807, 2.05) is 0 Å². The highest BCUT2D eigenvalue weighted by Crippen LogP contribution is 2.27. The number of urea groups is 4. The molecule has 40 heteroatoms. The van der Waals surface area contributed by atoms with Gasteiger partial charge in [-0.1, -0.05) is 104 Å². The van der Waals surface area contributed by atoms with Gasteiger partial charge in [-0.2, -0.15) is 0 Å². The Hall–Kier alpha value is -7.42. The van der Waals surface area contributed by atoms with Crippen LogP contribution in [0.1, 0.15) is 81.1 Å². The molecule has 0 spiro atoms. The van der Waals surface area contributed by atoms with Crippen LogP contribution in [0.2, 0.25) is 24.2 Å². The first-order valence-corrected chi connectivity index (χ1v) is 42.9. The molecule has 7 aliphatic heterocycles. The minimum Gasteiger partial charge on any atom is -0.390 e. The second kappa shape index (κ2) is 39.1. The quantitative estimate of drug-likeness (QED) is 0.127. The van der Waals surface area contributed by atoms with Crippen LogP contribution in [-0.2, 0) is 35.6 Å². The number of hydrogen-bond acceptors (Lipinski definition) is 22. The van der Waals surface area contributed by atoms with Gasteiger partial charge < -0.3 is 128 Å². The number of benzene rings is 4. The first kappa shape index (κ1) is 83.2. The first-order valence-electron chi connectivity index (χ1n) is 32.4. The van der Waals surface area contributed by atoms with Crippen LogP contribution in [-0.4, -0.2) is 200 Å². The Kier molecular flexibility index (Phi) is 32.6. The molecule has 11 rings (SSSR count). The molecular weight excluding hydrogens is 1410 g/mol. The van der Waals surface area contributed by atoms with Gasteiger partial charge >= 0.3 is 78.4 Å². The fraction of sp³-hybridized carbons (Fsp3) is 0.467. The third-order valence-corrected chi connectivity index (χ3v) is 27.1. The largest absolute Gasteiger partial charge is 0.558 e. The summed E-state index contributed by atoms with van der Waals surface area (Å²) >= 11 is 0. The Morgan fingerprint density at radius 3 is 0.650 bits per heavy atom. The maximum absolute atomic E-state index is 13.4. The molecule has 0 saturated heterocycles. The van der Waals surface area contributed by atoms with Crippen LogP contribution >= 0.6 is 0 Å². The number of anilines is 4. The highest BCUT2D eigenvalue weighted by atomic mass is 28.5. The van der Waals surface area contributed by atoms with E-state index in [-0.39, 0.29) is 75.5 Å². The van der Waals surface area contributed by atoms with E-state index in [0.29, 0.717) is 22.7 Å². The smallest absolute Gasteiger partial charge is 0.390 e. The molecule has 0 aliphatic carbocycles. The van der Waals surface area contributed by atoms with E-state index in [2.05, 4.69) is 63.8 Å². The zero-order valence-electron chi connectivity index (χ0n) is 56.7. The van der Waals surface area contributed by atoms with Crippen LogP contribution in [0.3, 0.4) is 0 Å². The van der Waals surface area contributed by atoms with Crippen LogP contribution in [0.15, 0.2) is 97.1 Å². The summed E-state index contributed by atoms with van der Waals surface area (Å²) in [6.07, 6.45) is -0.318. The summed E-state index contributed by atoms with van der Waals surface area (Å²) in [4.78, 5) is 210. The highest BCUT2D eigenvalue weighted by Gasteiger charge is 2.45. The summed E-state index contributed by atoms with van der Waals surface area (Å²) in [6, 6.07) is 18.3. The molecule has 7 aliphatic rings. The maximum Gasteiger partial charge on any atom is 0.558 e. The number of rotatable bonds is 4. The van der Waals surface area contributed by atoms with Gasteiger partial charge in [-0.05, 0) is 120 Å². The number of amides is 12. The van der Waals surface area contributed by atoms with Gasteiger partial charge in [-0.25, -0.2) is 19.2 Å². The molecule has 2 radical (unpaired) electrons. The normalized spacial score (nSPS) is 22.4. The maximum atomic E-state index is 13.4. The zero-order chi connectivity index (χ0) is 74.1. The van der Waals surface area contributed by atoms with E-state index in [1.54, 1.807) is 152 Å². The van der Waals surface area contributed by atoms with Gasteiger partial charge in [0.25, 0.3) is 0 Å². The lowest BCUT2D eigenvalue weighted by molar-refractivity contribution is -0.119. The Balaban J connectivity index is 1.20. The van der Waals surface area contributed by atoms with Crippen molar-refractivity contribution in [3.05, 3.63) is 97.1 Å². The molecule has 0 aromatic heterocycles. The van der Waals surface area contributed by atoms with Crippen molar-refractivity contribution in [3.63, 3.8) is 0 Å². The van der Waals surface area contributed by atoms with Gasteiger partial charge in [0.15, 0.2) is 0 Å². The summed E-state index contributed by atoms with van der Waals surface area (Å²) in [5.74, 6) is -3.69. The van der Waals surface area contributed by atoms with Gasteiger partial charge in [0.2, 0.25) is 23.6 Å². The lowest BCUT2D eigenvalue weighted by atomic mass is 10.0. The van der Waals surface area contributed by atoms with E-state index in [9.17, 15) is 86.3 Å². The molecule has 7 heterocycles. The Labute approximate surface area is 587 Å². The Morgan fingerprint density at radius 1 is 0.320 bits per heavy atom. The van der Waals surface area contributed by atoms with Gasteiger partial charge in [0, 0.05) is 73.1 Å². The van der Waals surface area contributed by atoms with Crippen LogP contribution in [0.25, 0.3) is 22.3 Å². The number of carbonyl (C=O) groups excluding carboxylic acids is 8. The molecule has 8 bridgehead atoms. The number of hydrogen-bond donors (Lipinski definition) is 22. The summed E-state index contributed by atoms with van der Waals surface area (Å²) in [5.41, 5.74) is 4.62. The molecule has 34 nitrogen and oxygen atoms in total. The molecular formula is C60H94N12O22Si6. The number of carbonyl (C=O) groups is 8. The Bertz CT molecular complexity index is 2900. The third kappa shape index (κ3) is 29.6. The lowest BCUT2D eigenvalue weighted by Crippen LogP contribution is -2.52. The van der Waals surface area contributed by atoms with Crippen LogP contribution in [0.5, 0.6) is 0 Å². The van der Waals surface area contributed by atoms with Crippen molar-refractivity contribution in [2.45, 2.75) is 129 Å². The lowest BCUT2D eigenvalue weighted by Gasteiger charge is -2.24. The summed E-state index contributed by atoms with van der Waals surface area (Å²) in [5, 5.41) is 31.7. The molecule has 4 atom stereocenters. The van der Waals surface area contributed by atoms with Crippen molar-refractivity contribution < 1.29 is 103 Å². The fourth-order valence-corrected chi connectivity index (χ4v) is 19.4. The summed E-state index contributed by atoms with van der Waals surface area (Å²) in [7, 11) is -26.0. The van der Waals surface area contributed by atoms with Crippen molar-refractivity contribution in [1.29, 1.82) is 0 Å². The average Bonchev–Trinajstić information content (AvgIpc) is 0.844. The number of nitrogens with one attached hydrogen (secondary N) is 12. The average molecular weight is 1500 g/mol. The zero-order valence-corrected chi connectivity index (χ0v) is 62.7. The van der Waals surface area contributed by atoms with Gasteiger partial charge in [-0.15, -0.1) is 0 Å². The van der Waals surface area contributed by atoms with Crippen molar-refractivity contribution in [2.75, 3.05) is 47.4 Å². The van der Waals surface area contributed by atoms with Crippen molar-refractivity contribution in [2.24, 2.45) is 23.7 Å². The molecule has 550 valence electrons. The predicted octanol–water partition coefficient (Wildman–Crippen LogP) is 1.06. The topological polar surface area (TPSA) is 520 Å². The van der Waals surface area contributed by atoms with Crippen molar-refractivity contribution in [1.82, 2.24) is 42.5 Å². The van der Waals surface area contributed by atoms with Crippen LogP contribution in [0.4, 0.5) is 41.9 Å². The molecule has 0 fully saturated rings. The van der Waals surface area contributed by atoms with E-state index in [0.717, 1.165) is 22.3 Å². The molecule has 0 unspecified atom stereocenters. The van der Waals surface area contributed by atoms with E-state index in [4.69, 9.17) is 16.5 Å². The molecule has 100 heavy (non-hydrogen) atoms. The molecule has 4 aromatic rings. The molecule has 22 N–H and O–H groups in total. The minimum atomic E-state index is -4.69. The third-order valence-electron chi connectivity index (χ3n) is 15.1. The minimum absolute atomic E-state index is 0.0794. The van der Waals surface area contributed by atoms with Crippen molar-refractivity contribution >= 4 is 125 Å². The molecule has 4 aromatic carbocycles. The van der Waals surface area contributed by atoms with E-state index in [1.165, 1.54) is 0 Å². The van der Waals surface area contributed by atoms with Crippen molar-refractivity contribution in [3.8, 4) is 22.3 Å². The van der Waals surface area contributed by atoms with Crippen LogP contribution < -0.4 is 63.8 Å². The molecule has 0 saturated carbocycles. The Morgan fingerprint density at radius 2 is 0.490 bits per heavy atom. The van der Waals surface area contributed by atoms with Gasteiger partial charge in [0.05, 0.1) is 0 Å². The summed E-state index contributed by atoms with van der Waals surface area (Å²) < 4.78 is 19.8. The van der Waals surface area contributed by atoms with Gasteiger partial charge in [-0.3, -0.25) is 19.2 Å². The summed E-state index contributed by atoms with van der Waals surface area (Å²) in [6.45, 7) is 13.2. The highest BCUT2D eigenvalue weighted by molar-refractivity contribution is 6.71. The fourth-order valence-electron chi connectivity index (χ4n) is 9.66. The SMILES string of the molecule is CC(C)[C@@H]1NC(=O)NCCC[Si](O)(O)O[Si](O)O[Si](O)(O)CCCNC(=O)N[C@@H](C(C)C)C(=O)Nc2ccc(cc2)-c2ccc(cc2)NC(=O)[C@H](C(C)C)NC(=O)NCCC[Si](O)(O)O[Si](O)O[Si](O)(O)CCCNC(=O)N[C@@H](C(C)C)C(=O)Nc2ccc(cc2)-c2ccc(cc2)NC1=O. The monoisotopic (exact) mass is 1500 g/mol. The second-order valence-electron chi connectivity index (χ2n) is 25.1.